The van der Waals surface area contributed by atoms with E-state index < -0.39 is 9.84 Å². The van der Waals surface area contributed by atoms with E-state index in [2.05, 4.69) is 16.0 Å². The maximum atomic E-state index is 13.3. The monoisotopic (exact) mass is 451 g/mol. The quantitative estimate of drug-likeness (QED) is 0.439. The summed E-state index contributed by atoms with van der Waals surface area (Å²) in [5, 5.41) is 0.615. The molecular formula is C23H21N3O3S2. The summed E-state index contributed by atoms with van der Waals surface area (Å²) >= 11 is 1.47. The highest BCUT2D eigenvalue weighted by molar-refractivity contribution is 7.90. The Morgan fingerprint density at radius 2 is 1.84 bits per heavy atom. The lowest BCUT2D eigenvalue weighted by molar-refractivity contribution is -0.118. The summed E-state index contributed by atoms with van der Waals surface area (Å²) in [4.78, 5) is 24.2. The highest BCUT2D eigenvalue weighted by Gasteiger charge is 2.21. The largest absolute Gasteiger partial charge is 0.282 e. The Labute approximate surface area is 185 Å². The van der Waals surface area contributed by atoms with Gasteiger partial charge >= 0.3 is 0 Å². The fourth-order valence-corrected chi connectivity index (χ4v) is 4.89. The molecule has 0 aliphatic carbocycles. The van der Waals surface area contributed by atoms with Gasteiger partial charge in [-0.1, -0.05) is 35.6 Å². The normalized spacial score (nSPS) is 11.5. The van der Waals surface area contributed by atoms with Gasteiger partial charge in [0.15, 0.2) is 15.0 Å². The SMILES string of the molecule is Cc1ccc2nc(N(Cc3ccccn3)C(=O)Cc3ccc(S(C)(=O)=O)cc3)sc2c1. The number of pyridine rings is 1. The molecule has 0 aliphatic heterocycles. The first-order chi connectivity index (χ1) is 14.8. The topological polar surface area (TPSA) is 80.2 Å². The maximum Gasteiger partial charge on any atom is 0.233 e. The molecule has 2 aromatic heterocycles. The van der Waals surface area contributed by atoms with Crippen molar-refractivity contribution in [3.05, 3.63) is 83.7 Å². The van der Waals surface area contributed by atoms with E-state index in [-0.39, 0.29) is 17.2 Å². The molecule has 1 amide bonds. The molecule has 0 spiro atoms. The van der Waals surface area contributed by atoms with Gasteiger partial charge in [0.25, 0.3) is 0 Å². The second-order valence-corrected chi connectivity index (χ2v) is 10.4. The Kier molecular flexibility index (Phi) is 5.84. The molecule has 158 valence electrons. The minimum Gasteiger partial charge on any atom is -0.282 e. The van der Waals surface area contributed by atoms with E-state index in [1.807, 2.05) is 37.3 Å². The summed E-state index contributed by atoms with van der Waals surface area (Å²) in [7, 11) is -3.28. The van der Waals surface area contributed by atoms with Gasteiger partial charge < -0.3 is 0 Å². The van der Waals surface area contributed by atoms with Gasteiger partial charge in [0, 0.05) is 12.5 Å². The van der Waals surface area contributed by atoms with Crippen molar-refractivity contribution >= 4 is 42.4 Å². The van der Waals surface area contributed by atoms with Crippen molar-refractivity contribution in [1.29, 1.82) is 0 Å². The number of sulfone groups is 1. The van der Waals surface area contributed by atoms with Crippen LogP contribution in [0.3, 0.4) is 0 Å². The molecule has 2 heterocycles. The van der Waals surface area contributed by atoms with E-state index in [9.17, 15) is 13.2 Å². The molecule has 0 unspecified atom stereocenters. The zero-order valence-electron chi connectivity index (χ0n) is 17.1. The molecule has 0 fully saturated rings. The number of rotatable bonds is 6. The van der Waals surface area contributed by atoms with Crippen LogP contribution in [0.5, 0.6) is 0 Å². The van der Waals surface area contributed by atoms with Gasteiger partial charge in [-0.25, -0.2) is 13.4 Å². The van der Waals surface area contributed by atoms with E-state index in [0.717, 1.165) is 33.3 Å². The molecule has 31 heavy (non-hydrogen) atoms. The predicted octanol–water partition coefficient (Wildman–Crippen LogP) is 4.18. The number of hydrogen-bond donors (Lipinski definition) is 0. The first kappa shape index (κ1) is 21.1. The summed E-state index contributed by atoms with van der Waals surface area (Å²) in [5.74, 6) is -0.131. The molecule has 8 heteroatoms. The van der Waals surface area contributed by atoms with Gasteiger partial charge in [0.1, 0.15) is 0 Å². The molecule has 4 aromatic rings. The first-order valence-corrected chi connectivity index (χ1v) is 12.4. The van der Waals surface area contributed by atoms with Crippen LogP contribution >= 0.6 is 11.3 Å². The average molecular weight is 452 g/mol. The highest BCUT2D eigenvalue weighted by atomic mass is 32.2. The van der Waals surface area contributed by atoms with E-state index in [1.54, 1.807) is 23.2 Å². The average Bonchev–Trinajstić information content (AvgIpc) is 3.15. The molecule has 0 N–H and O–H groups in total. The lowest BCUT2D eigenvalue weighted by atomic mass is 10.1. The summed E-state index contributed by atoms with van der Waals surface area (Å²) in [5.41, 5.74) is 3.48. The van der Waals surface area contributed by atoms with Crippen LogP contribution in [0.2, 0.25) is 0 Å². The molecule has 4 rings (SSSR count). The standard InChI is InChI=1S/C23H21N3O3S2/c1-16-6-11-20-21(13-16)30-23(25-20)26(15-18-5-3-4-12-24-18)22(27)14-17-7-9-19(10-8-17)31(2,28)29/h3-13H,14-15H2,1-2H3. The summed E-state index contributed by atoms with van der Waals surface area (Å²) in [6, 6.07) is 18.0. The Hall–Kier alpha value is -3.10. The molecule has 0 aliphatic rings. The van der Waals surface area contributed by atoms with Gasteiger partial charge in [0.05, 0.1) is 33.8 Å². The molecule has 0 bridgehead atoms. The Morgan fingerprint density at radius 1 is 1.06 bits per heavy atom. The molecule has 0 saturated heterocycles. The minimum absolute atomic E-state index is 0.131. The van der Waals surface area contributed by atoms with Crippen molar-refractivity contribution in [2.75, 3.05) is 11.2 Å². The van der Waals surface area contributed by atoms with Crippen molar-refractivity contribution in [3.63, 3.8) is 0 Å². The molecule has 0 atom stereocenters. The number of anilines is 1. The predicted molar refractivity (Wildman–Crippen MR) is 123 cm³/mol. The Bertz CT molecular complexity index is 1330. The fourth-order valence-electron chi connectivity index (χ4n) is 3.18. The number of carbonyl (C=O) groups is 1. The van der Waals surface area contributed by atoms with Crippen molar-refractivity contribution in [1.82, 2.24) is 9.97 Å². The number of thiazole rings is 1. The number of nitrogens with zero attached hydrogens (tertiary/aromatic N) is 3. The smallest absolute Gasteiger partial charge is 0.233 e. The maximum absolute atomic E-state index is 13.3. The van der Waals surface area contributed by atoms with Crippen LogP contribution in [0.4, 0.5) is 5.13 Å². The third kappa shape index (κ3) is 4.98. The van der Waals surface area contributed by atoms with Gasteiger partial charge in [-0.15, -0.1) is 0 Å². The van der Waals surface area contributed by atoms with Crippen LogP contribution in [0.15, 0.2) is 71.8 Å². The van der Waals surface area contributed by atoms with Gasteiger partial charge in [0.2, 0.25) is 5.91 Å². The van der Waals surface area contributed by atoms with Crippen LogP contribution in [0, 0.1) is 6.92 Å². The number of aryl methyl sites for hydroxylation is 1. The van der Waals surface area contributed by atoms with Gasteiger partial charge in [-0.3, -0.25) is 14.7 Å². The molecule has 2 aromatic carbocycles. The molecular weight excluding hydrogens is 430 g/mol. The summed E-state index contributed by atoms with van der Waals surface area (Å²) < 4.78 is 24.4. The van der Waals surface area contributed by atoms with Crippen molar-refractivity contribution in [2.24, 2.45) is 0 Å². The number of fused-ring (bicyclic) bond motifs is 1. The van der Waals surface area contributed by atoms with Crippen LogP contribution < -0.4 is 4.90 Å². The number of carbonyl (C=O) groups excluding carboxylic acids is 1. The van der Waals surface area contributed by atoms with Crippen molar-refractivity contribution in [3.8, 4) is 0 Å². The van der Waals surface area contributed by atoms with E-state index >= 15 is 0 Å². The zero-order chi connectivity index (χ0) is 22.0. The second-order valence-electron chi connectivity index (χ2n) is 7.36. The molecule has 6 nitrogen and oxygen atoms in total. The lowest BCUT2D eigenvalue weighted by Crippen LogP contribution is -2.32. The third-order valence-electron chi connectivity index (χ3n) is 4.82. The van der Waals surface area contributed by atoms with Crippen molar-refractivity contribution in [2.45, 2.75) is 24.8 Å². The fraction of sp³-hybridized carbons (Fsp3) is 0.174. The number of amides is 1. The minimum atomic E-state index is -3.28. The summed E-state index contributed by atoms with van der Waals surface area (Å²) in [6.45, 7) is 2.33. The van der Waals surface area contributed by atoms with Crippen LogP contribution in [-0.2, 0) is 27.6 Å². The lowest BCUT2D eigenvalue weighted by Gasteiger charge is -2.19. The number of benzene rings is 2. The van der Waals surface area contributed by atoms with E-state index in [1.165, 1.54) is 23.5 Å². The third-order valence-corrected chi connectivity index (χ3v) is 6.99. The van der Waals surface area contributed by atoms with Crippen LogP contribution in [-0.4, -0.2) is 30.5 Å². The number of aromatic nitrogens is 2. The second kappa shape index (κ2) is 8.56. The van der Waals surface area contributed by atoms with Gasteiger partial charge in [-0.05, 0) is 54.4 Å². The van der Waals surface area contributed by atoms with Crippen LogP contribution in [0.25, 0.3) is 10.2 Å². The Balaban J connectivity index is 1.65. The van der Waals surface area contributed by atoms with Gasteiger partial charge in [-0.2, -0.15) is 0 Å². The molecule has 0 radical (unpaired) electrons. The Morgan fingerprint density at radius 3 is 2.52 bits per heavy atom. The number of hydrogen-bond acceptors (Lipinski definition) is 6. The highest BCUT2D eigenvalue weighted by Crippen LogP contribution is 2.31. The van der Waals surface area contributed by atoms with E-state index in [4.69, 9.17) is 0 Å². The van der Waals surface area contributed by atoms with E-state index in [0.29, 0.717) is 11.7 Å². The zero-order valence-corrected chi connectivity index (χ0v) is 18.8. The first-order valence-electron chi connectivity index (χ1n) is 9.66. The summed E-state index contributed by atoms with van der Waals surface area (Å²) in [6.07, 6.45) is 2.99. The van der Waals surface area contributed by atoms with Crippen molar-refractivity contribution < 1.29 is 13.2 Å². The van der Waals surface area contributed by atoms with Crippen LogP contribution in [0.1, 0.15) is 16.8 Å². The molecule has 0 saturated carbocycles.